The van der Waals surface area contributed by atoms with Crippen molar-refractivity contribution in [3.8, 4) is 11.3 Å². The van der Waals surface area contributed by atoms with Gasteiger partial charge in [-0.05, 0) is 44.0 Å². The van der Waals surface area contributed by atoms with Crippen LogP contribution in [0.15, 0.2) is 36.5 Å². The van der Waals surface area contributed by atoms with Gasteiger partial charge in [0.1, 0.15) is 0 Å². The van der Waals surface area contributed by atoms with E-state index in [1.54, 1.807) is 0 Å². The van der Waals surface area contributed by atoms with Gasteiger partial charge in [0.05, 0.1) is 11.9 Å². The molecular weight excluding hydrogens is 374 g/mol. The third-order valence-corrected chi connectivity index (χ3v) is 6.37. The molecule has 0 amide bonds. The van der Waals surface area contributed by atoms with Crippen LogP contribution in [0, 0.1) is 11.8 Å². The summed E-state index contributed by atoms with van der Waals surface area (Å²) in [6, 6.07) is 10.4. The summed E-state index contributed by atoms with van der Waals surface area (Å²) in [6.07, 6.45) is 3.19. The molecule has 2 aliphatic rings. The minimum absolute atomic E-state index is 0.284. The van der Waals surface area contributed by atoms with Gasteiger partial charge >= 0.3 is 0 Å². The van der Waals surface area contributed by atoms with Gasteiger partial charge in [-0.15, -0.1) is 0 Å². The Bertz CT molecular complexity index is 734. The highest BCUT2D eigenvalue weighted by Crippen LogP contribution is 2.28. The van der Waals surface area contributed by atoms with Crippen molar-refractivity contribution in [2.75, 3.05) is 59.5 Å². The summed E-state index contributed by atoms with van der Waals surface area (Å²) in [4.78, 5) is 7.52. The fourth-order valence-electron chi connectivity index (χ4n) is 4.72. The zero-order valence-corrected chi connectivity index (χ0v) is 18.9. The monoisotopic (exact) mass is 413 g/mol. The molecule has 2 aliphatic heterocycles. The van der Waals surface area contributed by atoms with Crippen LogP contribution in [0.1, 0.15) is 25.8 Å². The van der Waals surface area contributed by atoms with Crippen molar-refractivity contribution < 1.29 is 5.11 Å². The Morgan fingerprint density at radius 3 is 2.53 bits per heavy atom. The number of hydrogen-bond acceptors (Lipinski definition) is 5. The summed E-state index contributed by atoms with van der Waals surface area (Å²) in [7, 11) is 2.21. The lowest BCUT2D eigenvalue weighted by Gasteiger charge is -2.26. The summed E-state index contributed by atoms with van der Waals surface area (Å²) in [5.74, 6) is 0.911. The second kappa shape index (κ2) is 11.6. The summed E-state index contributed by atoms with van der Waals surface area (Å²) in [5.41, 5.74) is 3.53. The van der Waals surface area contributed by atoms with Crippen LogP contribution in [0.3, 0.4) is 0 Å². The van der Waals surface area contributed by atoms with E-state index < -0.39 is 0 Å². The van der Waals surface area contributed by atoms with Crippen molar-refractivity contribution in [1.29, 1.82) is 0 Å². The van der Waals surface area contributed by atoms with Gasteiger partial charge in [0, 0.05) is 51.4 Å². The third kappa shape index (κ3) is 5.91. The Labute approximate surface area is 181 Å². The van der Waals surface area contributed by atoms with Crippen molar-refractivity contribution in [3.63, 3.8) is 0 Å². The second-order valence-electron chi connectivity index (χ2n) is 8.49. The van der Waals surface area contributed by atoms with Gasteiger partial charge < -0.3 is 14.9 Å². The number of likely N-dealkylation sites (tertiary alicyclic amines) is 1. The maximum absolute atomic E-state index is 9.97. The van der Waals surface area contributed by atoms with Crippen molar-refractivity contribution in [2.45, 2.75) is 26.8 Å². The number of likely N-dealkylation sites (N-methyl/N-ethyl adjacent to an activating group) is 1. The zero-order chi connectivity index (χ0) is 21.3. The number of aliphatic hydroxyl groups excluding tert-OH is 1. The lowest BCUT2D eigenvalue weighted by molar-refractivity contribution is 0.165. The van der Waals surface area contributed by atoms with Crippen molar-refractivity contribution >= 4 is 0 Å². The second-order valence-corrected chi connectivity index (χ2v) is 8.49. The minimum atomic E-state index is 0.284. The van der Waals surface area contributed by atoms with E-state index in [2.05, 4.69) is 56.2 Å². The predicted molar refractivity (Wildman–Crippen MR) is 123 cm³/mol. The highest BCUT2D eigenvalue weighted by atomic mass is 16.3. The zero-order valence-electron chi connectivity index (χ0n) is 18.9. The number of benzene rings is 1. The molecule has 1 aromatic carbocycles. The molecule has 0 saturated carbocycles. The van der Waals surface area contributed by atoms with Gasteiger partial charge in [0.25, 0.3) is 0 Å². The molecule has 4 rings (SSSR count). The molecule has 2 atom stereocenters. The van der Waals surface area contributed by atoms with E-state index in [1.165, 1.54) is 30.6 Å². The summed E-state index contributed by atoms with van der Waals surface area (Å²) >= 11 is 0. The number of aromatic nitrogens is 2. The van der Waals surface area contributed by atoms with E-state index in [4.69, 9.17) is 0 Å². The number of nitrogens with zero attached hydrogens (tertiary/aromatic N) is 4. The Balaban J connectivity index is 0.00000124. The number of aliphatic hydroxyl groups is 1. The molecule has 166 valence electrons. The lowest BCUT2D eigenvalue weighted by Crippen LogP contribution is -2.36. The van der Waals surface area contributed by atoms with Gasteiger partial charge in [-0.3, -0.25) is 10.00 Å². The molecule has 2 aromatic rings. The minimum Gasteiger partial charge on any atom is -0.396 e. The quantitative estimate of drug-likeness (QED) is 0.763. The third-order valence-electron chi connectivity index (χ3n) is 6.37. The fraction of sp³-hybridized carbons (Fsp3) is 0.625. The van der Waals surface area contributed by atoms with Crippen LogP contribution < -0.4 is 0 Å². The maximum Gasteiger partial charge on any atom is 0.0695 e. The highest BCUT2D eigenvalue weighted by molar-refractivity contribution is 5.62. The Morgan fingerprint density at radius 1 is 1.00 bits per heavy atom. The Morgan fingerprint density at radius 2 is 1.77 bits per heavy atom. The first-order valence-electron chi connectivity index (χ1n) is 11.5. The first-order valence-corrected chi connectivity index (χ1v) is 11.5. The molecule has 2 unspecified atom stereocenters. The van der Waals surface area contributed by atoms with Gasteiger partial charge in [-0.2, -0.15) is 5.10 Å². The molecule has 3 heterocycles. The number of hydrogen-bond donors (Lipinski definition) is 2. The van der Waals surface area contributed by atoms with E-state index >= 15 is 0 Å². The molecule has 6 heteroatoms. The topological polar surface area (TPSA) is 58.6 Å². The summed E-state index contributed by atoms with van der Waals surface area (Å²) in [5, 5.41) is 17.4. The first kappa shape index (κ1) is 22.9. The van der Waals surface area contributed by atoms with Crippen LogP contribution in [0.2, 0.25) is 0 Å². The van der Waals surface area contributed by atoms with E-state index in [0.717, 1.165) is 45.0 Å². The van der Waals surface area contributed by atoms with Crippen molar-refractivity contribution in [1.82, 2.24) is 24.9 Å². The Kier molecular flexibility index (Phi) is 8.88. The Hall–Kier alpha value is -1.73. The molecule has 2 N–H and O–H groups in total. The van der Waals surface area contributed by atoms with Crippen LogP contribution in [0.4, 0.5) is 0 Å². The van der Waals surface area contributed by atoms with E-state index in [9.17, 15) is 5.11 Å². The van der Waals surface area contributed by atoms with Crippen LogP contribution in [0.5, 0.6) is 0 Å². The number of aromatic amines is 1. The highest BCUT2D eigenvalue weighted by Gasteiger charge is 2.34. The van der Waals surface area contributed by atoms with Crippen molar-refractivity contribution in [3.05, 3.63) is 42.1 Å². The average Bonchev–Trinajstić information content (AvgIpc) is 3.34. The molecule has 2 saturated heterocycles. The van der Waals surface area contributed by atoms with Gasteiger partial charge in [-0.1, -0.05) is 44.2 Å². The van der Waals surface area contributed by atoms with E-state index in [-0.39, 0.29) is 6.61 Å². The lowest BCUT2D eigenvalue weighted by atomic mass is 9.96. The van der Waals surface area contributed by atoms with E-state index in [1.807, 2.05) is 26.1 Å². The van der Waals surface area contributed by atoms with Crippen LogP contribution >= 0.6 is 0 Å². The predicted octanol–water partition coefficient (Wildman–Crippen LogP) is 2.78. The molecule has 2 fully saturated rings. The normalized spacial score (nSPS) is 23.7. The smallest absolute Gasteiger partial charge is 0.0695 e. The molecule has 0 aliphatic carbocycles. The SMILES string of the molecule is CC.CN1CCCN(CC2CN(Cc3cn[nH]c3-c3ccccc3)CC2CO)CC1. The van der Waals surface area contributed by atoms with E-state index in [0.29, 0.717) is 11.8 Å². The van der Waals surface area contributed by atoms with Crippen LogP contribution in [0.25, 0.3) is 11.3 Å². The number of nitrogens with one attached hydrogen (secondary N) is 1. The maximum atomic E-state index is 9.97. The number of H-pyrrole nitrogens is 1. The molecule has 0 radical (unpaired) electrons. The summed E-state index contributed by atoms with van der Waals surface area (Å²) < 4.78 is 0. The molecular formula is C24H39N5O. The van der Waals surface area contributed by atoms with Crippen LogP contribution in [-0.2, 0) is 6.54 Å². The summed E-state index contributed by atoms with van der Waals surface area (Å²) in [6.45, 7) is 13.0. The largest absolute Gasteiger partial charge is 0.396 e. The molecule has 30 heavy (non-hydrogen) atoms. The first-order chi connectivity index (χ1) is 14.7. The molecule has 0 spiro atoms. The standard InChI is InChI=1S/C22H33N5O.C2H6/c1-25-8-5-9-26(11-10-25)14-20-15-27(16-21(20)17-28)13-19-12-23-24-22(19)18-6-3-2-4-7-18;1-2/h2-4,6-7,12,20-21,28H,5,8-11,13-17H2,1H3,(H,23,24);1-2H3. The molecule has 6 nitrogen and oxygen atoms in total. The van der Waals surface area contributed by atoms with Crippen LogP contribution in [-0.4, -0.2) is 89.5 Å². The van der Waals surface area contributed by atoms with Gasteiger partial charge in [-0.25, -0.2) is 0 Å². The molecule has 1 aromatic heterocycles. The average molecular weight is 414 g/mol. The number of rotatable bonds is 6. The molecule has 0 bridgehead atoms. The van der Waals surface area contributed by atoms with Gasteiger partial charge in [0.15, 0.2) is 0 Å². The van der Waals surface area contributed by atoms with Gasteiger partial charge in [0.2, 0.25) is 0 Å². The van der Waals surface area contributed by atoms with Crippen molar-refractivity contribution in [2.24, 2.45) is 11.8 Å². The fourth-order valence-corrected chi connectivity index (χ4v) is 4.72.